The molecule has 5 nitrogen and oxygen atoms in total. The molecule has 0 unspecified atom stereocenters. The number of hydrogen-bond acceptors (Lipinski definition) is 3. The molecular weight excluding hydrogens is 612 g/mol. The van der Waals surface area contributed by atoms with E-state index < -0.39 is 57.1 Å². The van der Waals surface area contributed by atoms with Crippen LogP contribution in [0.3, 0.4) is 0 Å². The second kappa shape index (κ2) is 9.94. The van der Waals surface area contributed by atoms with E-state index in [1.165, 1.54) is 12.1 Å². The molecule has 4 aromatic carbocycles. The van der Waals surface area contributed by atoms with Gasteiger partial charge in [0.15, 0.2) is 0 Å². The van der Waals surface area contributed by atoms with Crippen LogP contribution in [0.15, 0.2) is 103 Å². The molecule has 10 heteroatoms. The van der Waals surface area contributed by atoms with Crippen LogP contribution < -0.4 is 5.32 Å². The molecule has 0 aromatic heterocycles. The number of carbonyl (C=O) groups is 3. The molecule has 44 heavy (non-hydrogen) atoms. The average molecular weight is 635 g/mol. The van der Waals surface area contributed by atoms with Crippen LogP contribution in [-0.4, -0.2) is 28.7 Å². The Balaban J connectivity index is 1.34. The molecular formula is C34H23Cl2F3N2O3. The lowest BCUT2D eigenvalue weighted by atomic mass is 9.54. The molecule has 1 heterocycles. The highest BCUT2D eigenvalue weighted by Crippen LogP contribution is 2.69. The monoisotopic (exact) mass is 634 g/mol. The molecule has 0 radical (unpaired) electrons. The Bertz CT molecular complexity index is 1720. The molecule has 4 aromatic rings. The maximum atomic E-state index is 14.5. The molecule has 4 aliphatic rings. The Morgan fingerprint density at radius 2 is 1.23 bits per heavy atom. The number of anilines is 1. The maximum absolute atomic E-state index is 14.5. The minimum atomic E-state index is -4.63. The summed E-state index contributed by atoms with van der Waals surface area (Å²) in [5.41, 5.74) is 2.04. The summed E-state index contributed by atoms with van der Waals surface area (Å²) in [7, 11) is 0. The molecule has 1 aliphatic heterocycles. The summed E-state index contributed by atoms with van der Waals surface area (Å²) in [6.07, 6.45) is -4.71. The predicted molar refractivity (Wildman–Crippen MR) is 159 cm³/mol. The van der Waals surface area contributed by atoms with E-state index in [1.807, 2.05) is 0 Å². The van der Waals surface area contributed by atoms with Crippen molar-refractivity contribution >= 4 is 46.6 Å². The molecule has 3 amide bonds. The summed E-state index contributed by atoms with van der Waals surface area (Å²) < 4.78 is 40.2. The van der Waals surface area contributed by atoms with Gasteiger partial charge < -0.3 is 5.32 Å². The zero-order chi connectivity index (χ0) is 31.0. The fourth-order valence-electron chi connectivity index (χ4n) is 7.13. The van der Waals surface area contributed by atoms with Crippen molar-refractivity contribution in [3.05, 3.63) is 137 Å². The van der Waals surface area contributed by atoms with Crippen LogP contribution in [0.4, 0.5) is 18.9 Å². The summed E-state index contributed by atoms with van der Waals surface area (Å²) in [5.74, 6) is -4.39. The first-order chi connectivity index (χ1) is 21.0. The SMILES string of the molecule is O=C(Nc1cccc(C(F)(F)F)c1)[C@H](Cc1ccccc1)N1C(=O)[C@H]2[C@H](C1=O)C1(Cl)c3ccccc3C2(Cl)c2ccccc21. The Morgan fingerprint density at radius 1 is 0.750 bits per heavy atom. The number of amides is 3. The Morgan fingerprint density at radius 3 is 1.70 bits per heavy atom. The molecule has 1 fully saturated rings. The van der Waals surface area contributed by atoms with E-state index in [-0.39, 0.29) is 12.1 Å². The van der Waals surface area contributed by atoms with Gasteiger partial charge in [-0.1, -0.05) is 84.9 Å². The molecule has 1 saturated heterocycles. The van der Waals surface area contributed by atoms with Crippen LogP contribution >= 0.6 is 23.2 Å². The maximum Gasteiger partial charge on any atom is 0.416 e. The number of rotatable bonds is 5. The summed E-state index contributed by atoms with van der Waals surface area (Å²) in [6, 6.07) is 25.9. The van der Waals surface area contributed by atoms with Gasteiger partial charge in [-0.2, -0.15) is 13.2 Å². The molecule has 2 bridgehead atoms. The van der Waals surface area contributed by atoms with E-state index in [4.69, 9.17) is 23.2 Å². The first-order valence-electron chi connectivity index (χ1n) is 13.9. The highest BCUT2D eigenvalue weighted by Gasteiger charge is 2.73. The Labute approximate surface area is 260 Å². The van der Waals surface area contributed by atoms with Gasteiger partial charge >= 0.3 is 6.18 Å². The highest BCUT2D eigenvalue weighted by atomic mass is 35.5. The largest absolute Gasteiger partial charge is 0.416 e. The lowest BCUT2D eigenvalue weighted by molar-refractivity contribution is -0.146. The Hall–Kier alpha value is -4.14. The third-order valence-corrected chi connectivity index (χ3v) is 10.2. The third-order valence-electron chi connectivity index (χ3n) is 8.96. The van der Waals surface area contributed by atoms with Gasteiger partial charge in [0.05, 0.1) is 17.4 Å². The molecule has 3 aliphatic carbocycles. The van der Waals surface area contributed by atoms with Crippen molar-refractivity contribution in [2.75, 3.05) is 5.32 Å². The minimum absolute atomic E-state index is 0.0764. The lowest BCUT2D eigenvalue weighted by Crippen LogP contribution is -2.57. The lowest BCUT2D eigenvalue weighted by Gasteiger charge is -2.54. The van der Waals surface area contributed by atoms with Gasteiger partial charge in [-0.05, 0) is 46.0 Å². The van der Waals surface area contributed by atoms with Gasteiger partial charge in [-0.15, -0.1) is 23.2 Å². The van der Waals surface area contributed by atoms with E-state index in [0.29, 0.717) is 27.8 Å². The molecule has 0 saturated carbocycles. The van der Waals surface area contributed by atoms with Crippen molar-refractivity contribution in [2.45, 2.75) is 28.4 Å². The second-order valence-corrected chi connectivity index (χ2v) is 12.5. The van der Waals surface area contributed by atoms with Gasteiger partial charge in [0.1, 0.15) is 15.8 Å². The van der Waals surface area contributed by atoms with Crippen molar-refractivity contribution in [3.8, 4) is 0 Å². The Kier molecular flexibility index (Phi) is 6.47. The van der Waals surface area contributed by atoms with Gasteiger partial charge in [0.2, 0.25) is 17.7 Å². The number of alkyl halides is 5. The number of likely N-dealkylation sites (tertiary alicyclic amines) is 1. The number of imide groups is 1. The predicted octanol–water partition coefficient (Wildman–Crippen LogP) is 6.85. The van der Waals surface area contributed by atoms with Gasteiger partial charge in [-0.3, -0.25) is 19.3 Å². The summed E-state index contributed by atoms with van der Waals surface area (Å²) in [5, 5.41) is 2.51. The van der Waals surface area contributed by atoms with Crippen LogP contribution in [0.2, 0.25) is 0 Å². The number of nitrogens with one attached hydrogen (secondary N) is 1. The molecule has 0 spiro atoms. The number of benzene rings is 4. The summed E-state index contributed by atoms with van der Waals surface area (Å²) in [6.45, 7) is 0. The number of halogens is 5. The topological polar surface area (TPSA) is 66.5 Å². The van der Waals surface area contributed by atoms with Crippen LogP contribution in [-0.2, 0) is 36.7 Å². The minimum Gasteiger partial charge on any atom is -0.324 e. The van der Waals surface area contributed by atoms with E-state index in [0.717, 1.165) is 17.0 Å². The van der Waals surface area contributed by atoms with Crippen molar-refractivity contribution in [1.82, 2.24) is 4.90 Å². The molecule has 222 valence electrons. The van der Waals surface area contributed by atoms with Crippen molar-refractivity contribution < 1.29 is 27.6 Å². The van der Waals surface area contributed by atoms with E-state index in [9.17, 15) is 27.6 Å². The molecule has 3 atom stereocenters. The second-order valence-electron chi connectivity index (χ2n) is 11.3. The first kappa shape index (κ1) is 28.6. The van der Waals surface area contributed by atoms with E-state index in [1.54, 1.807) is 78.9 Å². The fourth-order valence-corrected chi connectivity index (χ4v) is 8.23. The van der Waals surface area contributed by atoms with Crippen LogP contribution in [0, 0.1) is 11.8 Å². The van der Waals surface area contributed by atoms with Gasteiger partial charge in [0.25, 0.3) is 0 Å². The molecule has 1 N–H and O–H groups in total. The highest BCUT2D eigenvalue weighted by molar-refractivity contribution is 6.36. The van der Waals surface area contributed by atoms with Crippen molar-refractivity contribution in [2.24, 2.45) is 11.8 Å². The molecule has 8 rings (SSSR count). The van der Waals surface area contributed by atoms with Crippen LogP contribution in [0.1, 0.15) is 33.4 Å². The standard InChI is InChI=1S/C34H23Cl2F3N2O3/c35-32-22-13-4-5-14-23(22)33(36,25-16-7-6-15-24(25)32)28-27(32)30(43)41(31(28)44)26(17-19-9-2-1-3-10-19)29(42)40-21-12-8-11-20(18-21)34(37,38)39/h1-16,18,26-28H,17H2,(H,40,42)/t26-,27+,28+,32?,33?/m0/s1. The smallest absolute Gasteiger partial charge is 0.324 e. The van der Waals surface area contributed by atoms with Crippen molar-refractivity contribution in [3.63, 3.8) is 0 Å². The number of carbonyl (C=O) groups excluding carboxylic acids is 3. The van der Waals surface area contributed by atoms with E-state index in [2.05, 4.69) is 5.32 Å². The normalized spacial score (nSPS) is 25.7. The quantitative estimate of drug-likeness (QED) is 0.193. The fraction of sp³-hybridized carbons (Fsp3) is 0.206. The van der Waals surface area contributed by atoms with Crippen LogP contribution in [0.25, 0.3) is 0 Å². The van der Waals surface area contributed by atoms with E-state index >= 15 is 0 Å². The zero-order valence-electron chi connectivity index (χ0n) is 22.8. The zero-order valence-corrected chi connectivity index (χ0v) is 24.3. The van der Waals surface area contributed by atoms with Crippen LogP contribution in [0.5, 0.6) is 0 Å². The first-order valence-corrected chi connectivity index (χ1v) is 14.7. The average Bonchev–Trinajstić information content (AvgIpc) is 3.29. The van der Waals surface area contributed by atoms with Gasteiger partial charge in [0, 0.05) is 12.1 Å². The summed E-state index contributed by atoms with van der Waals surface area (Å²) in [4.78, 5) is 41.0. The number of nitrogens with zero attached hydrogens (tertiary/aromatic N) is 1. The summed E-state index contributed by atoms with van der Waals surface area (Å²) >= 11 is 15.0. The third kappa shape index (κ3) is 3.97. The van der Waals surface area contributed by atoms with Gasteiger partial charge in [-0.25, -0.2) is 0 Å². The number of hydrogen-bond donors (Lipinski definition) is 1. The van der Waals surface area contributed by atoms with Crippen molar-refractivity contribution in [1.29, 1.82) is 0 Å².